The van der Waals surface area contributed by atoms with Crippen LogP contribution >= 0.6 is 0 Å². The average molecular weight is 151 g/mol. The van der Waals surface area contributed by atoms with Gasteiger partial charge in [-0.1, -0.05) is 0 Å². The van der Waals surface area contributed by atoms with Crippen molar-refractivity contribution >= 4 is 6.21 Å². The second-order valence-corrected chi connectivity index (χ2v) is 2.65. The molecule has 0 bridgehead atoms. The molecule has 0 aromatic carbocycles. The highest BCUT2D eigenvalue weighted by molar-refractivity contribution is 5.68. The first kappa shape index (κ1) is 7.85. The lowest BCUT2D eigenvalue weighted by atomic mass is 10.2. The van der Waals surface area contributed by atoms with Crippen molar-refractivity contribution in [1.82, 2.24) is 10.6 Å². The standard InChI is InChI=1S/C8H13N3/c1-6-5-10-8(6)11-7(2)3-4-9/h3-4,9-11H,5H2,1-2H3/b7-3+,9-4?. The zero-order chi connectivity index (χ0) is 8.27. The molecule has 60 valence electrons. The fourth-order valence-electron chi connectivity index (χ4n) is 0.868. The van der Waals surface area contributed by atoms with Crippen molar-refractivity contribution in [3.63, 3.8) is 0 Å². The summed E-state index contributed by atoms with van der Waals surface area (Å²) in [6.45, 7) is 4.99. The predicted molar refractivity (Wildman–Crippen MR) is 46.4 cm³/mol. The van der Waals surface area contributed by atoms with Crippen molar-refractivity contribution in [2.75, 3.05) is 6.54 Å². The van der Waals surface area contributed by atoms with Gasteiger partial charge in [0.2, 0.25) is 0 Å². The van der Waals surface area contributed by atoms with E-state index < -0.39 is 0 Å². The van der Waals surface area contributed by atoms with Crippen LogP contribution in [0.15, 0.2) is 23.2 Å². The van der Waals surface area contributed by atoms with E-state index in [1.165, 1.54) is 11.8 Å². The van der Waals surface area contributed by atoms with Crippen molar-refractivity contribution in [2.45, 2.75) is 13.8 Å². The minimum absolute atomic E-state index is 0.972. The van der Waals surface area contributed by atoms with E-state index in [0.717, 1.165) is 18.1 Å². The molecule has 0 aromatic heterocycles. The van der Waals surface area contributed by atoms with Gasteiger partial charge in [-0.3, -0.25) is 0 Å². The SMILES string of the molecule is CC1=C(N/C(C)=C/C=N)NC1. The molecule has 0 spiro atoms. The van der Waals surface area contributed by atoms with Crippen molar-refractivity contribution in [3.8, 4) is 0 Å². The summed E-state index contributed by atoms with van der Waals surface area (Å²) in [6.07, 6.45) is 3.00. The van der Waals surface area contributed by atoms with Gasteiger partial charge in [0.25, 0.3) is 0 Å². The van der Waals surface area contributed by atoms with E-state index in [2.05, 4.69) is 17.6 Å². The number of hydrogen-bond acceptors (Lipinski definition) is 3. The van der Waals surface area contributed by atoms with Gasteiger partial charge in [-0.25, -0.2) is 0 Å². The van der Waals surface area contributed by atoms with Crippen LogP contribution in [0.1, 0.15) is 13.8 Å². The van der Waals surface area contributed by atoms with E-state index in [4.69, 9.17) is 5.41 Å². The molecular formula is C8H13N3. The molecule has 0 aliphatic carbocycles. The highest BCUT2D eigenvalue weighted by Gasteiger charge is 2.10. The molecule has 3 heteroatoms. The number of rotatable bonds is 3. The lowest BCUT2D eigenvalue weighted by molar-refractivity contribution is 0.675. The lowest BCUT2D eigenvalue weighted by Gasteiger charge is -2.24. The summed E-state index contributed by atoms with van der Waals surface area (Å²) < 4.78 is 0. The third kappa shape index (κ3) is 1.83. The van der Waals surface area contributed by atoms with E-state index in [1.807, 2.05) is 6.92 Å². The topological polar surface area (TPSA) is 47.9 Å². The summed E-state index contributed by atoms with van der Waals surface area (Å²) in [6, 6.07) is 0. The lowest BCUT2D eigenvalue weighted by Crippen LogP contribution is -2.37. The zero-order valence-corrected chi connectivity index (χ0v) is 6.86. The number of nitrogens with one attached hydrogen (secondary N) is 3. The maximum Gasteiger partial charge on any atom is 0.104 e. The third-order valence-electron chi connectivity index (χ3n) is 1.61. The second-order valence-electron chi connectivity index (χ2n) is 2.65. The predicted octanol–water partition coefficient (Wildman–Crippen LogP) is 0.964. The Morgan fingerprint density at radius 1 is 1.73 bits per heavy atom. The van der Waals surface area contributed by atoms with Gasteiger partial charge in [-0.05, 0) is 25.5 Å². The minimum atomic E-state index is 0.972. The van der Waals surface area contributed by atoms with Crippen LogP contribution in [0, 0.1) is 5.41 Å². The van der Waals surface area contributed by atoms with Gasteiger partial charge < -0.3 is 16.0 Å². The first-order valence-corrected chi connectivity index (χ1v) is 3.62. The van der Waals surface area contributed by atoms with Crippen LogP contribution in [-0.2, 0) is 0 Å². The highest BCUT2D eigenvalue weighted by Crippen LogP contribution is 2.07. The molecule has 1 rings (SSSR count). The van der Waals surface area contributed by atoms with Gasteiger partial charge in [0, 0.05) is 18.5 Å². The van der Waals surface area contributed by atoms with E-state index in [-0.39, 0.29) is 0 Å². The van der Waals surface area contributed by atoms with Crippen LogP contribution < -0.4 is 10.6 Å². The Balaban J connectivity index is 2.49. The summed E-state index contributed by atoms with van der Waals surface area (Å²) in [5.41, 5.74) is 2.32. The normalized spacial score (nSPS) is 17.1. The van der Waals surface area contributed by atoms with Gasteiger partial charge in [-0.15, -0.1) is 0 Å². The Hall–Kier alpha value is -1.25. The van der Waals surface area contributed by atoms with Crippen molar-refractivity contribution in [1.29, 1.82) is 5.41 Å². The first-order chi connectivity index (χ1) is 5.24. The molecule has 3 nitrogen and oxygen atoms in total. The smallest absolute Gasteiger partial charge is 0.104 e. The molecule has 1 heterocycles. The van der Waals surface area contributed by atoms with E-state index in [1.54, 1.807) is 6.08 Å². The van der Waals surface area contributed by atoms with Crippen LogP contribution in [-0.4, -0.2) is 12.8 Å². The third-order valence-corrected chi connectivity index (χ3v) is 1.61. The summed E-state index contributed by atoms with van der Waals surface area (Å²) >= 11 is 0. The van der Waals surface area contributed by atoms with Gasteiger partial charge in [-0.2, -0.15) is 0 Å². The molecule has 0 amide bonds. The molecule has 1 aliphatic heterocycles. The van der Waals surface area contributed by atoms with Gasteiger partial charge >= 0.3 is 0 Å². The molecule has 0 fully saturated rings. The maximum atomic E-state index is 6.82. The molecule has 0 saturated heterocycles. The molecule has 1 aliphatic rings. The highest BCUT2D eigenvalue weighted by atomic mass is 15.1. The van der Waals surface area contributed by atoms with Crippen molar-refractivity contribution < 1.29 is 0 Å². The van der Waals surface area contributed by atoms with Gasteiger partial charge in [0.05, 0.1) is 0 Å². The molecule has 0 aromatic rings. The van der Waals surface area contributed by atoms with Crippen LogP contribution in [0.25, 0.3) is 0 Å². The monoisotopic (exact) mass is 151 g/mol. The van der Waals surface area contributed by atoms with E-state index in [9.17, 15) is 0 Å². The van der Waals surface area contributed by atoms with Crippen LogP contribution in [0.4, 0.5) is 0 Å². The first-order valence-electron chi connectivity index (χ1n) is 3.62. The maximum absolute atomic E-state index is 6.82. The molecule has 11 heavy (non-hydrogen) atoms. The van der Waals surface area contributed by atoms with Crippen LogP contribution in [0.2, 0.25) is 0 Å². The molecule has 0 unspecified atom stereocenters. The van der Waals surface area contributed by atoms with E-state index >= 15 is 0 Å². The van der Waals surface area contributed by atoms with Gasteiger partial charge in [0.15, 0.2) is 0 Å². The minimum Gasteiger partial charge on any atom is -0.368 e. The summed E-state index contributed by atoms with van der Waals surface area (Å²) in [5.74, 6) is 1.08. The summed E-state index contributed by atoms with van der Waals surface area (Å²) in [5, 5.41) is 13.1. The fraction of sp³-hybridized carbons (Fsp3) is 0.375. The second kappa shape index (κ2) is 3.23. The Bertz CT molecular complexity index is 225. The fourth-order valence-corrected chi connectivity index (χ4v) is 0.868. The Kier molecular flexibility index (Phi) is 2.31. The van der Waals surface area contributed by atoms with Crippen LogP contribution in [0.5, 0.6) is 0 Å². The molecule has 0 atom stereocenters. The molecule has 0 radical (unpaired) electrons. The van der Waals surface area contributed by atoms with E-state index in [0.29, 0.717) is 0 Å². The van der Waals surface area contributed by atoms with Gasteiger partial charge in [0.1, 0.15) is 5.82 Å². The van der Waals surface area contributed by atoms with Crippen LogP contribution in [0.3, 0.4) is 0 Å². The quantitative estimate of drug-likeness (QED) is 0.526. The number of allylic oxidation sites excluding steroid dienone is 2. The summed E-state index contributed by atoms with van der Waals surface area (Å²) in [7, 11) is 0. The largest absolute Gasteiger partial charge is 0.368 e. The average Bonchev–Trinajstić information content (AvgIpc) is 1.98. The Morgan fingerprint density at radius 2 is 2.45 bits per heavy atom. The van der Waals surface area contributed by atoms with Crippen molar-refractivity contribution in [2.24, 2.45) is 0 Å². The zero-order valence-electron chi connectivity index (χ0n) is 6.86. The summed E-state index contributed by atoms with van der Waals surface area (Å²) in [4.78, 5) is 0. The van der Waals surface area contributed by atoms with Crippen molar-refractivity contribution in [3.05, 3.63) is 23.2 Å². The Labute approximate surface area is 66.7 Å². The molecular weight excluding hydrogens is 138 g/mol. The molecule has 3 N–H and O–H groups in total. The number of hydrogen-bond donors (Lipinski definition) is 3. The molecule has 0 saturated carbocycles. The Morgan fingerprint density at radius 3 is 2.82 bits per heavy atom.